The van der Waals surface area contributed by atoms with Gasteiger partial charge in [-0.15, -0.1) is 0 Å². The predicted molar refractivity (Wildman–Crippen MR) is 184 cm³/mol. The van der Waals surface area contributed by atoms with E-state index in [1.807, 2.05) is 101 Å². The van der Waals surface area contributed by atoms with E-state index in [9.17, 15) is 19.8 Å². The number of allylic oxidation sites excluding steroid dienone is 18. The number of hydrogen-bond acceptors (Lipinski definition) is 4. The van der Waals surface area contributed by atoms with Crippen molar-refractivity contribution in [2.45, 2.75) is 94.3 Å². The first-order chi connectivity index (χ1) is 20.5. The molecule has 0 aromatic rings. The average molecular weight is 595 g/mol. The number of Topliss-reactive ketones (excluding diaryl/α,β-unsaturated/α-hetero) is 2. The Bertz CT molecular complexity index is 1400. The standard InChI is InChI=1S/C40H50O4/c1-27(17-13-19-29(3)21-23-33-31(5)37(43)35(41)25-39(33,7)8)15-11-12-16-28(2)18-14-20-30(4)22-24-34-32(6)38(44)36(42)26-40(34,9)10/h13-24,35-36,41-42H,25-26H2,1-10H3/b17-13+,18-14+,23-21+,24-22+,27-15+,28-16+,29-19+,30-20+. The lowest BCUT2D eigenvalue weighted by molar-refractivity contribution is -0.126. The molecule has 2 N–H and O–H groups in total. The van der Waals surface area contributed by atoms with Crippen molar-refractivity contribution in [3.8, 4) is 11.8 Å². The third kappa shape index (κ3) is 10.4. The Morgan fingerprint density at radius 1 is 0.636 bits per heavy atom. The number of carbonyl (C=O) groups excluding carboxylic acids is 2. The molecule has 0 radical (unpaired) electrons. The van der Waals surface area contributed by atoms with Gasteiger partial charge in [0.25, 0.3) is 0 Å². The Labute approximate surface area is 265 Å². The highest BCUT2D eigenvalue weighted by Gasteiger charge is 2.37. The molecule has 0 aromatic heterocycles. The number of aliphatic hydroxyl groups excluding tert-OH is 2. The highest BCUT2D eigenvalue weighted by Crippen LogP contribution is 2.40. The van der Waals surface area contributed by atoms with Crippen LogP contribution < -0.4 is 0 Å². The quantitative estimate of drug-likeness (QED) is 0.219. The van der Waals surface area contributed by atoms with Gasteiger partial charge in [-0.05, 0) is 111 Å². The first-order valence-corrected chi connectivity index (χ1v) is 15.2. The molecule has 0 spiro atoms. The maximum Gasteiger partial charge on any atom is 0.187 e. The minimum absolute atomic E-state index is 0.181. The lowest BCUT2D eigenvalue weighted by Crippen LogP contribution is -2.35. The number of ketones is 2. The van der Waals surface area contributed by atoms with E-state index in [0.29, 0.717) is 24.0 Å². The maximum absolute atomic E-state index is 12.2. The second-order valence-corrected chi connectivity index (χ2v) is 13.3. The van der Waals surface area contributed by atoms with Crippen LogP contribution in [0.1, 0.15) is 82.1 Å². The van der Waals surface area contributed by atoms with Crippen molar-refractivity contribution in [1.82, 2.24) is 0 Å². The normalized spacial score (nSPS) is 24.0. The Balaban J connectivity index is 1.97. The smallest absolute Gasteiger partial charge is 0.187 e. The van der Waals surface area contributed by atoms with Gasteiger partial charge in [0.1, 0.15) is 12.2 Å². The van der Waals surface area contributed by atoms with Crippen LogP contribution in [-0.2, 0) is 9.59 Å². The minimum Gasteiger partial charge on any atom is -0.385 e. The summed E-state index contributed by atoms with van der Waals surface area (Å²) in [4.78, 5) is 24.5. The van der Waals surface area contributed by atoms with Gasteiger partial charge in [0.2, 0.25) is 0 Å². The number of aliphatic hydroxyl groups is 2. The van der Waals surface area contributed by atoms with Crippen molar-refractivity contribution in [2.75, 3.05) is 0 Å². The largest absolute Gasteiger partial charge is 0.385 e. The fourth-order valence-electron chi connectivity index (χ4n) is 5.50. The highest BCUT2D eigenvalue weighted by molar-refractivity contribution is 6.01. The summed E-state index contributed by atoms with van der Waals surface area (Å²) >= 11 is 0. The molecule has 0 bridgehead atoms. The molecule has 0 saturated carbocycles. The summed E-state index contributed by atoms with van der Waals surface area (Å²) in [5, 5.41) is 20.0. The van der Waals surface area contributed by atoms with E-state index in [-0.39, 0.29) is 22.4 Å². The summed E-state index contributed by atoms with van der Waals surface area (Å²) in [6.07, 6.45) is 22.8. The van der Waals surface area contributed by atoms with Gasteiger partial charge in [0.05, 0.1) is 0 Å². The van der Waals surface area contributed by atoms with Gasteiger partial charge >= 0.3 is 0 Å². The van der Waals surface area contributed by atoms with E-state index in [2.05, 4.69) is 39.5 Å². The molecule has 4 nitrogen and oxygen atoms in total. The van der Waals surface area contributed by atoms with E-state index in [4.69, 9.17) is 0 Å². The minimum atomic E-state index is -0.912. The van der Waals surface area contributed by atoms with Gasteiger partial charge < -0.3 is 10.2 Å². The van der Waals surface area contributed by atoms with E-state index in [0.717, 1.165) is 33.4 Å². The topological polar surface area (TPSA) is 74.6 Å². The molecule has 234 valence electrons. The Hall–Kier alpha value is -3.78. The monoisotopic (exact) mass is 594 g/mol. The van der Waals surface area contributed by atoms with Crippen molar-refractivity contribution in [3.05, 3.63) is 117 Å². The third-order valence-electron chi connectivity index (χ3n) is 8.16. The first kappa shape index (κ1) is 36.4. The first-order valence-electron chi connectivity index (χ1n) is 15.2. The van der Waals surface area contributed by atoms with Gasteiger partial charge in [-0.1, -0.05) is 111 Å². The van der Waals surface area contributed by atoms with E-state index in [1.54, 1.807) is 13.8 Å². The zero-order valence-electron chi connectivity index (χ0n) is 28.2. The summed E-state index contributed by atoms with van der Waals surface area (Å²) < 4.78 is 0. The van der Waals surface area contributed by atoms with Crippen LogP contribution in [0.5, 0.6) is 0 Å². The Morgan fingerprint density at radius 2 is 0.977 bits per heavy atom. The summed E-state index contributed by atoms with van der Waals surface area (Å²) in [5.74, 6) is 5.79. The summed E-state index contributed by atoms with van der Waals surface area (Å²) in [5.41, 5.74) is 6.90. The van der Waals surface area contributed by atoms with Crippen molar-refractivity contribution in [3.63, 3.8) is 0 Å². The number of carbonyl (C=O) groups is 2. The molecule has 0 fully saturated rings. The van der Waals surface area contributed by atoms with Crippen LogP contribution >= 0.6 is 0 Å². The lowest BCUT2D eigenvalue weighted by Gasteiger charge is -2.34. The van der Waals surface area contributed by atoms with E-state index in [1.165, 1.54) is 0 Å². The average Bonchev–Trinajstić information content (AvgIpc) is 2.92. The van der Waals surface area contributed by atoms with Crippen molar-refractivity contribution >= 4 is 11.6 Å². The molecule has 0 aromatic carbocycles. The molecule has 2 unspecified atom stereocenters. The molecule has 2 rings (SSSR count). The van der Waals surface area contributed by atoms with Crippen LogP contribution in [0, 0.1) is 22.7 Å². The molecule has 0 aliphatic heterocycles. The highest BCUT2D eigenvalue weighted by atomic mass is 16.3. The van der Waals surface area contributed by atoms with Gasteiger partial charge in [0, 0.05) is 0 Å². The fraction of sp³-hybridized carbons (Fsp3) is 0.400. The molecule has 44 heavy (non-hydrogen) atoms. The Kier molecular flexibility index (Phi) is 13.1. The van der Waals surface area contributed by atoms with E-state index < -0.39 is 12.2 Å². The van der Waals surface area contributed by atoms with Crippen LogP contribution in [0.4, 0.5) is 0 Å². The molecule has 2 atom stereocenters. The molecule has 0 heterocycles. The van der Waals surface area contributed by atoms with Crippen LogP contribution in [0.2, 0.25) is 0 Å². The van der Waals surface area contributed by atoms with Crippen LogP contribution in [0.25, 0.3) is 0 Å². The van der Waals surface area contributed by atoms with Gasteiger partial charge in [0.15, 0.2) is 11.6 Å². The lowest BCUT2D eigenvalue weighted by atomic mass is 9.71. The molecule has 4 heteroatoms. The molecule has 0 saturated heterocycles. The molecular formula is C40H50O4. The summed E-state index contributed by atoms with van der Waals surface area (Å²) in [7, 11) is 0. The second-order valence-electron chi connectivity index (χ2n) is 13.3. The summed E-state index contributed by atoms with van der Waals surface area (Å²) in [6, 6.07) is 0. The SMILES string of the molecule is CC1=C(/C=C/C(C)=C/C=C/C(C)=C/C#C/C=C(C)/C=C/C=C(C)/C=C/C2=C(C)C(=O)C(O)CC2(C)C)C(C)(C)CC(O)C1=O. The predicted octanol–water partition coefficient (Wildman–Crippen LogP) is 8.35. The maximum atomic E-state index is 12.2. The molecule has 2 aliphatic rings. The third-order valence-corrected chi connectivity index (χ3v) is 8.16. The van der Waals surface area contributed by atoms with Crippen molar-refractivity contribution in [1.29, 1.82) is 0 Å². The number of hydrogen-bond donors (Lipinski definition) is 2. The van der Waals surface area contributed by atoms with Crippen molar-refractivity contribution in [2.24, 2.45) is 10.8 Å². The molecular weight excluding hydrogens is 544 g/mol. The van der Waals surface area contributed by atoms with Crippen LogP contribution in [0.15, 0.2) is 117 Å². The number of rotatable bonds is 8. The van der Waals surface area contributed by atoms with Crippen LogP contribution in [0.3, 0.4) is 0 Å². The molecule has 2 aliphatic carbocycles. The zero-order chi connectivity index (χ0) is 33.2. The van der Waals surface area contributed by atoms with E-state index >= 15 is 0 Å². The zero-order valence-corrected chi connectivity index (χ0v) is 28.2. The van der Waals surface area contributed by atoms with Gasteiger partial charge in [-0.3, -0.25) is 9.59 Å². The Morgan fingerprint density at radius 3 is 1.32 bits per heavy atom. The second kappa shape index (κ2) is 15.8. The van der Waals surface area contributed by atoms with Crippen LogP contribution in [-0.4, -0.2) is 34.0 Å². The summed E-state index contributed by atoms with van der Waals surface area (Å²) in [6.45, 7) is 19.8. The van der Waals surface area contributed by atoms with Gasteiger partial charge in [-0.2, -0.15) is 0 Å². The fourth-order valence-corrected chi connectivity index (χ4v) is 5.50. The van der Waals surface area contributed by atoms with Gasteiger partial charge in [-0.25, -0.2) is 0 Å². The van der Waals surface area contributed by atoms with Crippen molar-refractivity contribution < 1.29 is 19.8 Å². The molecule has 0 amide bonds.